The summed E-state index contributed by atoms with van der Waals surface area (Å²) >= 11 is 0. The molecule has 0 radical (unpaired) electrons. The molecule has 1 aromatic heterocycles. The van der Waals surface area contributed by atoms with Crippen molar-refractivity contribution in [1.29, 1.82) is 0 Å². The standard InChI is InChI=1S/C34H29F5N2O5/c1-4-46-28(44)16-25(23-14-20(12-18(3)31(23)36)29-17(2)6-5-7-26(29)42)40-33(45)32(30-22-13-19(22)8-9-24(30)35)41-11-10-21(15-27(41)43)34(37,38)39/h5-12,14-15,25,32,42H,4,13,16H2,1-3H3,(H,40,45)/t25-,32?/m0/s1. The smallest absolute Gasteiger partial charge is 0.416 e. The fraction of sp³-hybridized carbons (Fsp3) is 0.265. The first-order valence-corrected chi connectivity index (χ1v) is 14.4. The lowest BCUT2D eigenvalue weighted by Gasteiger charge is -2.26. The van der Waals surface area contributed by atoms with Gasteiger partial charge in [0.2, 0.25) is 5.91 Å². The Bertz CT molecular complexity index is 1890. The third-order valence-corrected chi connectivity index (χ3v) is 7.91. The normalized spacial score (nSPS) is 13.5. The number of pyridine rings is 1. The van der Waals surface area contributed by atoms with Crippen molar-refractivity contribution in [2.75, 3.05) is 6.61 Å². The highest BCUT2D eigenvalue weighted by Gasteiger charge is 2.38. The summed E-state index contributed by atoms with van der Waals surface area (Å²) in [5.74, 6) is -3.63. The monoisotopic (exact) mass is 640 g/mol. The Morgan fingerprint density at radius 2 is 1.78 bits per heavy atom. The molecule has 1 amide bonds. The molecule has 240 valence electrons. The van der Waals surface area contributed by atoms with Crippen LogP contribution in [-0.2, 0) is 26.9 Å². The maximum absolute atomic E-state index is 15.9. The van der Waals surface area contributed by atoms with E-state index in [-0.39, 0.29) is 29.0 Å². The minimum absolute atomic E-state index is 0.0247. The number of aryl methyl sites for hydroxylation is 2. The van der Waals surface area contributed by atoms with Gasteiger partial charge in [-0.25, -0.2) is 8.78 Å². The molecule has 2 atom stereocenters. The molecule has 1 unspecified atom stereocenters. The van der Waals surface area contributed by atoms with Gasteiger partial charge < -0.3 is 15.2 Å². The van der Waals surface area contributed by atoms with Gasteiger partial charge in [0.15, 0.2) is 0 Å². The van der Waals surface area contributed by atoms with Gasteiger partial charge >= 0.3 is 12.1 Å². The first kappa shape index (κ1) is 32.4. The van der Waals surface area contributed by atoms with E-state index in [2.05, 4.69) is 5.32 Å². The molecule has 0 spiro atoms. The van der Waals surface area contributed by atoms with Crippen LogP contribution < -0.4 is 10.9 Å². The van der Waals surface area contributed by atoms with Crippen molar-refractivity contribution >= 4 is 11.9 Å². The number of ether oxygens (including phenoxy) is 1. The molecule has 4 aromatic rings. The van der Waals surface area contributed by atoms with Crippen LogP contribution in [0.15, 0.2) is 65.6 Å². The maximum Gasteiger partial charge on any atom is 0.416 e. The topological polar surface area (TPSA) is 97.6 Å². The van der Waals surface area contributed by atoms with E-state index >= 15 is 8.78 Å². The minimum Gasteiger partial charge on any atom is -0.507 e. The molecule has 2 N–H and O–H groups in total. The number of phenolic OH excluding ortho intramolecular Hbond substituents is 1. The van der Waals surface area contributed by atoms with Gasteiger partial charge in [-0.2, -0.15) is 13.2 Å². The molecule has 5 rings (SSSR count). The summed E-state index contributed by atoms with van der Waals surface area (Å²) in [6.45, 7) is 4.72. The van der Waals surface area contributed by atoms with Crippen LogP contribution in [0.25, 0.3) is 11.1 Å². The molecule has 0 saturated carbocycles. The number of halogens is 5. The zero-order valence-electron chi connectivity index (χ0n) is 25.0. The maximum atomic E-state index is 15.9. The van der Waals surface area contributed by atoms with Gasteiger partial charge in [-0.15, -0.1) is 0 Å². The van der Waals surface area contributed by atoms with Crippen LogP contribution in [0.5, 0.6) is 5.75 Å². The second kappa shape index (κ2) is 12.4. The number of hydrogen-bond acceptors (Lipinski definition) is 5. The third-order valence-electron chi connectivity index (χ3n) is 7.91. The summed E-state index contributed by atoms with van der Waals surface area (Å²) in [5.41, 5.74) is -0.237. The van der Waals surface area contributed by atoms with E-state index in [1.807, 2.05) is 0 Å². The second-order valence-corrected chi connectivity index (χ2v) is 11.1. The molecule has 12 heteroatoms. The summed E-state index contributed by atoms with van der Waals surface area (Å²) in [6, 6.07) is 7.92. The molecule has 1 heterocycles. The number of amides is 1. The van der Waals surface area contributed by atoms with Crippen LogP contribution >= 0.6 is 0 Å². The van der Waals surface area contributed by atoms with Gasteiger partial charge in [-0.05, 0) is 85.3 Å². The van der Waals surface area contributed by atoms with E-state index in [0.717, 1.165) is 12.3 Å². The number of aromatic hydroxyl groups is 1. The van der Waals surface area contributed by atoms with Crippen molar-refractivity contribution in [1.82, 2.24) is 9.88 Å². The number of phenols is 1. The lowest BCUT2D eigenvalue weighted by atomic mass is 9.92. The summed E-state index contributed by atoms with van der Waals surface area (Å²) in [4.78, 5) is 39.9. The number of nitrogens with one attached hydrogen (secondary N) is 1. The van der Waals surface area contributed by atoms with E-state index in [4.69, 9.17) is 4.74 Å². The second-order valence-electron chi connectivity index (χ2n) is 11.1. The number of alkyl halides is 3. The average Bonchev–Trinajstić information content (AvgIpc) is 3.76. The first-order chi connectivity index (χ1) is 21.7. The predicted octanol–water partition coefficient (Wildman–Crippen LogP) is 6.44. The zero-order valence-corrected chi connectivity index (χ0v) is 25.0. The van der Waals surface area contributed by atoms with Crippen molar-refractivity contribution in [2.24, 2.45) is 0 Å². The van der Waals surface area contributed by atoms with Gasteiger partial charge in [0, 0.05) is 29.0 Å². The van der Waals surface area contributed by atoms with Crippen LogP contribution in [-0.4, -0.2) is 28.2 Å². The number of fused-ring (bicyclic) bond motifs is 1. The fourth-order valence-electron chi connectivity index (χ4n) is 5.65. The number of nitrogens with zero attached hydrogens (tertiary/aromatic N) is 1. The van der Waals surface area contributed by atoms with E-state index in [9.17, 15) is 32.7 Å². The first-order valence-electron chi connectivity index (χ1n) is 14.4. The van der Waals surface area contributed by atoms with Crippen LogP contribution in [0, 0.1) is 25.5 Å². The summed E-state index contributed by atoms with van der Waals surface area (Å²) < 4.78 is 77.0. The number of benzene rings is 3. The molecule has 0 aliphatic heterocycles. The van der Waals surface area contributed by atoms with Gasteiger partial charge in [-0.3, -0.25) is 19.0 Å². The van der Waals surface area contributed by atoms with Crippen LogP contribution in [0.3, 0.4) is 0 Å². The van der Waals surface area contributed by atoms with Gasteiger partial charge in [-0.1, -0.05) is 18.2 Å². The van der Waals surface area contributed by atoms with Crippen molar-refractivity contribution in [2.45, 2.75) is 51.9 Å². The quantitative estimate of drug-likeness (QED) is 0.143. The van der Waals surface area contributed by atoms with Crippen molar-refractivity contribution in [3.8, 4) is 16.9 Å². The average molecular weight is 641 g/mol. The Labute approximate surface area is 260 Å². The van der Waals surface area contributed by atoms with E-state index in [1.54, 1.807) is 26.0 Å². The van der Waals surface area contributed by atoms with E-state index in [0.29, 0.717) is 50.9 Å². The number of carbonyl (C=O) groups is 2. The minimum atomic E-state index is -4.85. The van der Waals surface area contributed by atoms with Crippen LogP contribution in [0.2, 0.25) is 0 Å². The molecule has 1 aliphatic rings. The van der Waals surface area contributed by atoms with E-state index < -0.39 is 59.3 Å². The number of carbonyl (C=O) groups excluding carboxylic acids is 2. The number of esters is 1. The third kappa shape index (κ3) is 6.37. The van der Waals surface area contributed by atoms with Crippen molar-refractivity contribution in [3.63, 3.8) is 0 Å². The molecule has 46 heavy (non-hydrogen) atoms. The zero-order chi connectivity index (χ0) is 33.5. The molecule has 0 saturated heterocycles. The summed E-state index contributed by atoms with van der Waals surface area (Å²) in [6.07, 6.45) is -4.39. The molecule has 0 fully saturated rings. The highest BCUT2D eigenvalue weighted by atomic mass is 19.4. The summed E-state index contributed by atoms with van der Waals surface area (Å²) in [5, 5.41) is 13.2. The Hall–Kier alpha value is -5.00. The molecular weight excluding hydrogens is 611 g/mol. The Kier molecular flexibility index (Phi) is 8.74. The van der Waals surface area contributed by atoms with Crippen molar-refractivity contribution < 1.29 is 41.4 Å². The lowest BCUT2D eigenvalue weighted by Crippen LogP contribution is -2.41. The Morgan fingerprint density at radius 3 is 2.43 bits per heavy atom. The van der Waals surface area contributed by atoms with Crippen LogP contribution in [0.4, 0.5) is 22.0 Å². The Balaban J connectivity index is 1.64. The number of hydrogen-bond donors (Lipinski definition) is 2. The fourth-order valence-corrected chi connectivity index (χ4v) is 5.65. The number of rotatable bonds is 9. The highest BCUT2D eigenvalue weighted by molar-refractivity contribution is 5.86. The molecule has 7 nitrogen and oxygen atoms in total. The molecular formula is C34H29F5N2O5. The van der Waals surface area contributed by atoms with E-state index in [1.165, 1.54) is 31.2 Å². The van der Waals surface area contributed by atoms with Crippen molar-refractivity contribution in [3.05, 3.63) is 122 Å². The van der Waals surface area contributed by atoms with Gasteiger partial charge in [0.25, 0.3) is 5.56 Å². The largest absolute Gasteiger partial charge is 0.507 e. The lowest BCUT2D eigenvalue weighted by molar-refractivity contribution is -0.144. The highest BCUT2D eigenvalue weighted by Crippen LogP contribution is 2.40. The van der Waals surface area contributed by atoms with Gasteiger partial charge in [0.1, 0.15) is 23.4 Å². The predicted molar refractivity (Wildman–Crippen MR) is 158 cm³/mol. The van der Waals surface area contributed by atoms with Crippen LogP contribution in [0.1, 0.15) is 64.4 Å². The Morgan fingerprint density at radius 1 is 1.04 bits per heavy atom. The summed E-state index contributed by atoms with van der Waals surface area (Å²) in [7, 11) is 0. The molecule has 1 aliphatic carbocycles. The SMILES string of the molecule is CCOC(=O)C[C@H](NC(=O)C(c1c(F)ccc2c1C2)n1ccc(C(F)(F)F)cc1=O)c1cc(-c2c(C)cccc2O)cc(C)c1F. The van der Waals surface area contributed by atoms with Gasteiger partial charge in [0.05, 0.1) is 24.6 Å². The molecule has 0 bridgehead atoms. The molecule has 3 aromatic carbocycles. The number of aromatic nitrogens is 1.